The quantitative estimate of drug-likeness (QED) is 0.699. The lowest BCUT2D eigenvalue weighted by molar-refractivity contribution is -0.0506. The van der Waals surface area contributed by atoms with Crippen molar-refractivity contribution >= 4 is 17.2 Å². The van der Waals surface area contributed by atoms with Crippen molar-refractivity contribution in [3.8, 4) is 10.6 Å². The third-order valence-electron chi connectivity index (χ3n) is 4.00. The maximum absolute atomic E-state index is 13.1. The van der Waals surface area contributed by atoms with Crippen LogP contribution < -0.4 is 0 Å². The molecule has 4 rings (SSSR count). The predicted octanol–water partition coefficient (Wildman–Crippen LogP) is 3.58. The summed E-state index contributed by atoms with van der Waals surface area (Å²) in [5.41, 5.74) is 1.08. The van der Waals surface area contributed by atoms with Crippen molar-refractivity contribution in [1.29, 1.82) is 0 Å². The van der Waals surface area contributed by atoms with Crippen LogP contribution in [0.5, 0.6) is 0 Å². The number of ether oxygens (including phenoxy) is 1. The van der Waals surface area contributed by atoms with Crippen LogP contribution in [0.1, 0.15) is 16.1 Å². The van der Waals surface area contributed by atoms with E-state index in [1.807, 2.05) is 23.6 Å². The van der Waals surface area contributed by atoms with Gasteiger partial charge in [0.15, 0.2) is 11.5 Å². The molecule has 0 bridgehead atoms. The van der Waals surface area contributed by atoms with Gasteiger partial charge in [-0.05, 0) is 29.1 Å². The van der Waals surface area contributed by atoms with E-state index in [1.54, 1.807) is 17.0 Å². The van der Waals surface area contributed by atoms with Gasteiger partial charge in [-0.3, -0.25) is 4.79 Å². The third-order valence-corrected chi connectivity index (χ3v) is 4.89. The molecule has 2 aromatic heterocycles. The molecule has 3 aromatic rings. The number of aromatic nitrogens is 1. The fourth-order valence-corrected chi connectivity index (χ4v) is 3.30. The number of carbonyl (C=O) groups is 1. The predicted molar refractivity (Wildman–Crippen MR) is 90.7 cm³/mol. The van der Waals surface area contributed by atoms with E-state index in [2.05, 4.69) is 5.16 Å². The summed E-state index contributed by atoms with van der Waals surface area (Å²) in [4.78, 5) is 15.0. The molecule has 0 spiro atoms. The zero-order chi connectivity index (χ0) is 17.2. The summed E-state index contributed by atoms with van der Waals surface area (Å²) in [6.07, 6.45) is -0.0455. The van der Waals surface area contributed by atoms with Crippen LogP contribution in [0.25, 0.3) is 10.6 Å². The maximum Gasteiger partial charge on any atom is 0.276 e. The molecule has 128 valence electrons. The summed E-state index contributed by atoms with van der Waals surface area (Å²) in [6.45, 7) is 1.32. The first kappa shape index (κ1) is 16.0. The van der Waals surface area contributed by atoms with Crippen LogP contribution in [-0.4, -0.2) is 35.2 Å². The van der Waals surface area contributed by atoms with Crippen molar-refractivity contribution in [2.24, 2.45) is 0 Å². The van der Waals surface area contributed by atoms with E-state index in [1.165, 1.54) is 23.5 Å². The van der Waals surface area contributed by atoms with Crippen LogP contribution in [0, 0.1) is 5.82 Å². The first-order chi connectivity index (χ1) is 12.2. The summed E-state index contributed by atoms with van der Waals surface area (Å²) in [5, 5.41) is 5.80. The van der Waals surface area contributed by atoms with Crippen LogP contribution in [0.15, 0.2) is 52.4 Å². The van der Waals surface area contributed by atoms with Crippen LogP contribution in [0.2, 0.25) is 0 Å². The lowest BCUT2D eigenvalue weighted by atomic mass is 10.1. The molecular weight excluding hydrogens is 343 g/mol. The highest BCUT2D eigenvalue weighted by molar-refractivity contribution is 7.13. The second kappa shape index (κ2) is 6.78. The first-order valence-electron chi connectivity index (χ1n) is 7.85. The maximum atomic E-state index is 13.1. The Labute approximate surface area is 147 Å². The zero-order valence-corrected chi connectivity index (χ0v) is 14.0. The normalized spacial score (nSPS) is 14.5. The van der Waals surface area contributed by atoms with Gasteiger partial charge in [0.1, 0.15) is 5.82 Å². The van der Waals surface area contributed by atoms with Gasteiger partial charge >= 0.3 is 0 Å². The Morgan fingerprint density at radius 2 is 2.20 bits per heavy atom. The van der Waals surface area contributed by atoms with Gasteiger partial charge in [-0.15, -0.1) is 11.3 Å². The van der Waals surface area contributed by atoms with Crippen LogP contribution >= 0.6 is 11.3 Å². The number of nitrogens with zero attached hydrogens (tertiary/aromatic N) is 2. The molecule has 0 N–H and O–H groups in total. The number of likely N-dealkylation sites (tertiary alicyclic amines) is 1. The van der Waals surface area contributed by atoms with Gasteiger partial charge in [-0.2, -0.15) is 0 Å². The molecular formula is C18H15FN2O3S. The van der Waals surface area contributed by atoms with Crippen LogP contribution in [0.4, 0.5) is 4.39 Å². The average Bonchev–Trinajstić information content (AvgIpc) is 3.24. The van der Waals surface area contributed by atoms with Gasteiger partial charge in [-0.25, -0.2) is 4.39 Å². The Morgan fingerprint density at radius 1 is 1.32 bits per heavy atom. The number of thiophene rings is 1. The molecule has 3 heterocycles. The average molecular weight is 358 g/mol. The number of hydrogen-bond acceptors (Lipinski definition) is 5. The lowest BCUT2D eigenvalue weighted by Crippen LogP contribution is -2.54. The van der Waals surface area contributed by atoms with Gasteiger partial charge in [-0.1, -0.05) is 23.4 Å². The van der Waals surface area contributed by atoms with Crippen molar-refractivity contribution in [1.82, 2.24) is 10.1 Å². The number of rotatable bonds is 5. The van der Waals surface area contributed by atoms with E-state index in [0.717, 1.165) is 10.4 Å². The fourth-order valence-electron chi connectivity index (χ4n) is 2.62. The standard InChI is InChI=1S/C18H15FN2O3S/c19-13-4-1-3-12(7-13)11-23-14-9-21(10-14)18(22)15-8-16(24-20-15)17-5-2-6-25-17/h1-8,14H,9-11H2. The smallest absolute Gasteiger partial charge is 0.276 e. The highest BCUT2D eigenvalue weighted by Gasteiger charge is 2.33. The number of benzene rings is 1. The Bertz CT molecular complexity index is 872. The largest absolute Gasteiger partial charge is 0.370 e. The Hall–Kier alpha value is -2.51. The third kappa shape index (κ3) is 3.47. The van der Waals surface area contributed by atoms with Gasteiger partial charge in [0.2, 0.25) is 0 Å². The van der Waals surface area contributed by atoms with E-state index < -0.39 is 0 Å². The highest BCUT2D eigenvalue weighted by Crippen LogP contribution is 2.26. The minimum atomic E-state index is -0.279. The molecule has 0 saturated carbocycles. The van der Waals surface area contributed by atoms with Crippen LogP contribution in [-0.2, 0) is 11.3 Å². The number of carbonyl (C=O) groups excluding carboxylic acids is 1. The second-order valence-electron chi connectivity index (χ2n) is 5.83. The topological polar surface area (TPSA) is 55.6 Å². The van der Waals surface area contributed by atoms with Gasteiger partial charge in [0.25, 0.3) is 5.91 Å². The van der Waals surface area contributed by atoms with Crippen molar-refractivity contribution < 1.29 is 18.4 Å². The van der Waals surface area contributed by atoms with Crippen molar-refractivity contribution in [3.63, 3.8) is 0 Å². The van der Waals surface area contributed by atoms with E-state index in [-0.39, 0.29) is 17.8 Å². The first-order valence-corrected chi connectivity index (χ1v) is 8.73. The minimum absolute atomic E-state index is 0.0455. The molecule has 7 heteroatoms. The van der Waals surface area contributed by atoms with E-state index >= 15 is 0 Å². The Morgan fingerprint density at radius 3 is 2.96 bits per heavy atom. The summed E-state index contributed by atoms with van der Waals surface area (Å²) < 4.78 is 24.1. The van der Waals surface area contributed by atoms with E-state index in [0.29, 0.717) is 31.2 Å². The van der Waals surface area contributed by atoms with Crippen molar-refractivity contribution in [2.45, 2.75) is 12.7 Å². The van der Waals surface area contributed by atoms with Crippen molar-refractivity contribution in [3.05, 3.63) is 64.9 Å². The molecule has 1 aromatic carbocycles. The molecule has 1 fully saturated rings. The summed E-state index contributed by atoms with van der Waals surface area (Å²) >= 11 is 1.53. The number of hydrogen-bond donors (Lipinski definition) is 0. The van der Waals surface area contributed by atoms with Gasteiger partial charge in [0.05, 0.1) is 17.6 Å². The van der Waals surface area contributed by atoms with Gasteiger partial charge in [0, 0.05) is 19.2 Å². The highest BCUT2D eigenvalue weighted by atomic mass is 32.1. The summed E-state index contributed by atoms with van der Waals surface area (Å²) in [6, 6.07) is 11.8. The van der Waals surface area contributed by atoms with Gasteiger partial charge < -0.3 is 14.2 Å². The molecule has 25 heavy (non-hydrogen) atoms. The second-order valence-corrected chi connectivity index (χ2v) is 6.77. The van der Waals surface area contributed by atoms with Crippen LogP contribution in [0.3, 0.4) is 0 Å². The molecule has 1 aliphatic rings. The number of amides is 1. The zero-order valence-electron chi connectivity index (χ0n) is 13.2. The van der Waals surface area contributed by atoms with E-state index in [4.69, 9.17) is 9.26 Å². The fraction of sp³-hybridized carbons (Fsp3) is 0.222. The van der Waals surface area contributed by atoms with Crippen molar-refractivity contribution in [2.75, 3.05) is 13.1 Å². The molecule has 0 atom stereocenters. The SMILES string of the molecule is O=C(c1cc(-c2cccs2)on1)N1CC(OCc2cccc(F)c2)C1. The molecule has 0 aliphatic carbocycles. The van der Waals surface area contributed by atoms with E-state index in [9.17, 15) is 9.18 Å². The number of halogens is 1. The molecule has 1 amide bonds. The summed E-state index contributed by atoms with van der Waals surface area (Å²) in [7, 11) is 0. The molecule has 0 unspecified atom stereocenters. The monoisotopic (exact) mass is 358 g/mol. The molecule has 0 radical (unpaired) electrons. The minimum Gasteiger partial charge on any atom is -0.370 e. The molecule has 1 aliphatic heterocycles. The lowest BCUT2D eigenvalue weighted by Gasteiger charge is -2.38. The molecule has 5 nitrogen and oxygen atoms in total. The Kier molecular flexibility index (Phi) is 4.33. The Balaban J connectivity index is 1.29. The molecule has 1 saturated heterocycles. The summed E-state index contributed by atoms with van der Waals surface area (Å²) in [5.74, 6) is 0.147.